The maximum Gasteiger partial charge on any atom is 0.408 e. The fourth-order valence-electron chi connectivity index (χ4n) is 3.24. The van der Waals surface area contributed by atoms with E-state index in [-0.39, 0.29) is 0 Å². The highest BCUT2D eigenvalue weighted by molar-refractivity contribution is 5.67. The predicted octanol–water partition coefficient (Wildman–Crippen LogP) is 1.84. The number of carbonyl (C=O) groups is 1. The van der Waals surface area contributed by atoms with Crippen molar-refractivity contribution in [3.8, 4) is 0 Å². The van der Waals surface area contributed by atoms with Crippen LogP contribution in [-0.4, -0.2) is 42.3 Å². The zero-order chi connectivity index (χ0) is 14.2. The van der Waals surface area contributed by atoms with Gasteiger partial charge in [0.05, 0.1) is 5.54 Å². The summed E-state index contributed by atoms with van der Waals surface area (Å²) in [7, 11) is 0. The van der Waals surface area contributed by atoms with E-state index < -0.39 is 11.6 Å². The van der Waals surface area contributed by atoms with Gasteiger partial charge in [-0.3, -0.25) is 4.90 Å². The third-order valence-electron chi connectivity index (χ3n) is 4.47. The van der Waals surface area contributed by atoms with Crippen LogP contribution in [0.2, 0.25) is 0 Å². The van der Waals surface area contributed by atoms with E-state index in [1.165, 1.54) is 11.3 Å². The van der Waals surface area contributed by atoms with Gasteiger partial charge in [0.25, 0.3) is 0 Å². The van der Waals surface area contributed by atoms with Crippen LogP contribution in [0.15, 0.2) is 18.2 Å². The number of nitrogens with zero attached hydrogens (tertiary/aromatic N) is 1. The summed E-state index contributed by atoms with van der Waals surface area (Å²) < 4.78 is 0. The topological polar surface area (TPSA) is 64.6 Å². The molecule has 2 aliphatic rings. The smallest absolute Gasteiger partial charge is 0.408 e. The average molecular weight is 275 g/mol. The molecule has 0 bridgehead atoms. The highest BCUT2D eigenvalue weighted by atomic mass is 16.4. The number of anilines is 1. The Morgan fingerprint density at radius 2 is 2.25 bits per heavy atom. The lowest BCUT2D eigenvalue weighted by Gasteiger charge is -2.44. The highest BCUT2D eigenvalue weighted by Gasteiger charge is 2.39. The van der Waals surface area contributed by atoms with Crippen molar-refractivity contribution >= 4 is 11.8 Å². The van der Waals surface area contributed by atoms with E-state index in [2.05, 4.69) is 28.8 Å². The zero-order valence-electron chi connectivity index (χ0n) is 11.8. The summed E-state index contributed by atoms with van der Waals surface area (Å²) in [6, 6.07) is 6.31. The van der Waals surface area contributed by atoms with Crippen molar-refractivity contribution in [1.82, 2.24) is 10.2 Å². The molecular formula is C15H21N3O2. The summed E-state index contributed by atoms with van der Waals surface area (Å²) in [4.78, 5) is 13.1. The van der Waals surface area contributed by atoms with E-state index in [1.54, 1.807) is 4.90 Å². The third kappa shape index (κ3) is 2.12. The van der Waals surface area contributed by atoms with Crippen LogP contribution in [0.3, 0.4) is 0 Å². The Hall–Kier alpha value is -1.75. The Balaban J connectivity index is 1.99. The molecule has 108 valence electrons. The third-order valence-corrected chi connectivity index (χ3v) is 4.47. The number of nitrogens with one attached hydrogen (secondary N) is 2. The van der Waals surface area contributed by atoms with Gasteiger partial charge in [-0.1, -0.05) is 12.1 Å². The Morgan fingerprint density at radius 1 is 1.40 bits per heavy atom. The molecule has 1 atom stereocenters. The molecule has 1 fully saturated rings. The summed E-state index contributed by atoms with van der Waals surface area (Å²) in [5.74, 6) is 0. The fraction of sp³-hybridized carbons (Fsp3) is 0.533. The van der Waals surface area contributed by atoms with Crippen LogP contribution >= 0.6 is 0 Å². The molecular weight excluding hydrogens is 254 g/mol. The first-order chi connectivity index (χ1) is 9.61. The second-order valence-electron chi connectivity index (χ2n) is 5.79. The number of hydrogen-bond donors (Lipinski definition) is 3. The number of carboxylic acid groups (broad SMARTS) is 1. The van der Waals surface area contributed by atoms with E-state index in [4.69, 9.17) is 0 Å². The molecule has 0 radical (unpaired) electrons. The SMILES string of the molecule is CC1(c2ccc3c(c2)CCCN3)CNCCN1C(=O)O. The van der Waals surface area contributed by atoms with Crippen molar-refractivity contribution < 1.29 is 9.90 Å². The average Bonchev–Trinajstić information content (AvgIpc) is 2.47. The first-order valence-electron chi connectivity index (χ1n) is 7.20. The number of aryl methyl sites for hydroxylation is 1. The van der Waals surface area contributed by atoms with Gasteiger partial charge in [-0.05, 0) is 37.0 Å². The number of rotatable bonds is 1. The Bertz CT molecular complexity index is 532. The minimum atomic E-state index is -0.843. The molecule has 2 aliphatic heterocycles. The number of piperazine rings is 1. The number of fused-ring (bicyclic) bond motifs is 1. The minimum absolute atomic E-state index is 0.490. The molecule has 3 N–H and O–H groups in total. The predicted molar refractivity (Wildman–Crippen MR) is 78.2 cm³/mol. The Kier molecular flexibility index (Phi) is 3.30. The summed E-state index contributed by atoms with van der Waals surface area (Å²) >= 11 is 0. The fourth-order valence-corrected chi connectivity index (χ4v) is 3.24. The van der Waals surface area contributed by atoms with Crippen molar-refractivity contribution in [3.05, 3.63) is 29.3 Å². The largest absolute Gasteiger partial charge is 0.465 e. The Labute approximate surface area is 119 Å². The van der Waals surface area contributed by atoms with Crippen molar-refractivity contribution in [2.75, 3.05) is 31.5 Å². The van der Waals surface area contributed by atoms with Crippen LogP contribution in [0.4, 0.5) is 10.5 Å². The second kappa shape index (κ2) is 4.98. The van der Waals surface area contributed by atoms with Gasteiger partial charge < -0.3 is 15.7 Å². The van der Waals surface area contributed by atoms with Crippen LogP contribution in [0.25, 0.3) is 0 Å². The highest BCUT2D eigenvalue weighted by Crippen LogP contribution is 2.33. The molecule has 0 spiro atoms. The second-order valence-corrected chi connectivity index (χ2v) is 5.79. The van der Waals surface area contributed by atoms with Gasteiger partial charge in [0.15, 0.2) is 0 Å². The number of hydrogen-bond acceptors (Lipinski definition) is 3. The quantitative estimate of drug-likeness (QED) is 0.732. The van der Waals surface area contributed by atoms with Crippen LogP contribution < -0.4 is 10.6 Å². The summed E-state index contributed by atoms with van der Waals surface area (Å²) in [5, 5.41) is 16.2. The van der Waals surface area contributed by atoms with Gasteiger partial charge in [-0.25, -0.2) is 4.79 Å². The molecule has 1 aromatic carbocycles. The molecule has 0 aliphatic carbocycles. The first kappa shape index (κ1) is 13.2. The maximum absolute atomic E-state index is 11.5. The molecule has 1 unspecified atom stereocenters. The van der Waals surface area contributed by atoms with Crippen molar-refractivity contribution in [1.29, 1.82) is 0 Å². The van der Waals surface area contributed by atoms with Gasteiger partial charge in [0.2, 0.25) is 0 Å². The van der Waals surface area contributed by atoms with Crippen molar-refractivity contribution in [3.63, 3.8) is 0 Å². The lowest BCUT2D eigenvalue weighted by Crippen LogP contribution is -2.59. The number of amides is 1. The minimum Gasteiger partial charge on any atom is -0.465 e. The monoisotopic (exact) mass is 275 g/mol. The van der Waals surface area contributed by atoms with Gasteiger partial charge in [0, 0.05) is 31.9 Å². The van der Waals surface area contributed by atoms with Crippen molar-refractivity contribution in [2.24, 2.45) is 0 Å². The standard InChI is InChI=1S/C15H21N3O2/c1-15(10-16-7-8-18(15)14(19)20)12-4-5-13-11(9-12)3-2-6-17-13/h4-5,9,16-17H,2-3,6-8,10H2,1H3,(H,19,20). The number of benzene rings is 1. The first-order valence-corrected chi connectivity index (χ1v) is 7.20. The van der Waals surface area contributed by atoms with Gasteiger partial charge >= 0.3 is 6.09 Å². The van der Waals surface area contributed by atoms with Crippen molar-refractivity contribution in [2.45, 2.75) is 25.3 Å². The molecule has 5 nitrogen and oxygen atoms in total. The summed E-state index contributed by atoms with van der Waals surface area (Å²) in [6.45, 7) is 4.93. The van der Waals surface area contributed by atoms with E-state index in [1.807, 2.05) is 6.92 Å². The molecule has 3 rings (SSSR count). The molecule has 2 heterocycles. The van der Waals surface area contributed by atoms with Gasteiger partial charge in [0.1, 0.15) is 0 Å². The van der Waals surface area contributed by atoms with Gasteiger partial charge in [-0.15, -0.1) is 0 Å². The lowest BCUT2D eigenvalue weighted by molar-refractivity contribution is 0.0652. The van der Waals surface area contributed by atoms with E-state index in [9.17, 15) is 9.90 Å². The summed E-state index contributed by atoms with van der Waals surface area (Å²) in [5.41, 5.74) is 3.07. The van der Waals surface area contributed by atoms with E-state index >= 15 is 0 Å². The molecule has 1 saturated heterocycles. The van der Waals surface area contributed by atoms with Crippen LogP contribution in [-0.2, 0) is 12.0 Å². The van der Waals surface area contributed by atoms with Crippen LogP contribution in [0, 0.1) is 0 Å². The molecule has 1 amide bonds. The van der Waals surface area contributed by atoms with Crippen LogP contribution in [0.1, 0.15) is 24.5 Å². The molecule has 0 saturated carbocycles. The molecule has 1 aromatic rings. The normalized spacial score (nSPS) is 25.8. The molecule has 20 heavy (non-hydrogen) atoms. The summed E-state index contributed by atoms with van der Waals surface area (Å²) in [6.07, 6.45) is 1.35. The molecule has 5 heteroatoms. The van der Waals surface area contributed by atoms with E-state index in [0.717, 1.165) is 24.9 Å². The van der Waals surface area contributed by atoms with Gasteiger partial charge in [-0.2, -0.15) is 0 Å². The maximum atomic E-state index is 11.5. The van der Waals surface area contributed by atoms with Crippen LogP contribution in [0.5, 0.6) is 0 Å². The Morgan fingerprint density at radius 3 is 3.05 bits per heavy atom. The molecule has 0 aromatic heterocycles. The lowest BCUT2D eigenvalue weighted by atomic mass is 9.86. The zero-order valence-corrected chi connectivity index (χ0v) is 11.8. The van der Waals surface area contributed by atoms with E-state index in [0.29, 0.717) is 19.6 Å².